The van der Waals surface area contributed by atoms with Crippen LogP contribution in [0.2, 0.25) is 0 Å². The lowest BCUT2D eigenvalue weighted by atomic mass is 10.0. The summed E-state index contributed by atoms with van der Waals surface area (Å²) in [5.41, 5.74) is 7.27. The van der Waals surface area contributed by atoms with Gasteiger partial charge in [-0.1, -0.05) is 44.2 Å². The van der Waals surface area contributed by atoms with Crippen molar-refractivity contribution in [3.63, 3.8) is 0 Å². The summed E-state index contributed by atoms with van der Waals surface area (Å²) < 4.78 is 0. The Kier molecular flexibility index (Phi) is 5.15. The van der Waals surface area contributed by atoms with E-state index in [1.54, 1.807) is 0 Å². The average Bonchev–Trinajstić information content (AvgIpc) is 2.47. The molecule has 1 heterocycles. The van der Waals surface area contributed by atoms with Crippen LogP contribution in [0.5, 0.6) is 0 Å². The molecule has 0 aromatic heterocycles. The number of hydrogen-bond donors (Lipinski definition) is 1. The lowest BCUT2D eigenvalue weighted by Crippen LogP contribution is -2.54. The summed E-state index contributed by atoms with van der Waals surface area (Å²) in [5.74, 6) is 0.296. The minimum atomic E-state index is -0.365. The molecule has 1 aromatic carbocycles. The summed E-state index contributed by atoms with van der Waals surface area (Å²) in [6.07, 6.45) is 0. The van der Waals surface area contributed by atoms with E-state index in [-0.39, 0.29) is 17.9 Å². The van der Waals surface area contributed by atoms with Crippen molar-refractivity contribution in [1.82, 2.24) is 9.80 Å². The Hall–Kier alpha value is -1.39. The Morgan fingerprint density at radius 1 is 1.15 bits per heavy atom. The second kappa shape index (κ2) is 6.86. The topological polar surface area (TPSA) is 49.6 Å². The van der Waals surface area contributed by atoms with Crippen LogP contribution in [0.3, 0.4) is 0 Å². The van der Waals surface area contributed by atoms with Crippen molar-refractivity contribution in [2.75, 3.05) is 26.2 Å². The fourth-order valence-corrected chi connectivity index (χ4v) is 2.46. The SMILES string of the molecule is CC(C)[C@H](N)C(=O)N1CCN(Cc2ccccc2)CC1. The van der Waals surface area contributed by atoms with Gasteiger partial charge in [0.15, 0.2) is 0 Å². The first-order chi connectivity index (χ1) is 9.58. The molecule has 2 rings (SSSR count). The molecular weight excluding hydrogens is 250 g/mol. The largest absolute Gasteiger partial charge is 0.339 e. The maximum Gasteiger partial charge on any atom is 0.239 e. The maximum atomic E-state index is 12.2. The molecule has 4 heteroatoms. The normalized spacial score (nSPS) is 18.3. The van der Waals surface area contributed by atoms with Crippen molar-refractivity contribution in [2.45, 2.75) is 26.4 Å². The molecule has 1 amide bonds. The average molecular weight is 275 g/mol. The van der Waals surface area contributed by atoms with Crippen LogP contribution in [0, 0.1) is 5.92 Å². The third-order valence-electron chi connectivity index (χ3n) is 3.94. The second-order valence-corrected chi connectivity index (χ2v) is 5.86. The van der Waals surface area contributed by atoms with Crippen molar-refractivity contribution in [3.8, 4) is 0 Å². The zero-order chi connectivity index (χ0) is 14.5. The van der Waals surface area contributed by atoms with Gasteiger partial charge in [0.25, 0.3) is 0 Å². The number of nitrogens with zero attached hydrogens (tertiary/aromatic N) is 2. The number of carbonyl (C=O) groups is 1. The summed E-state index contributed by atoms with van der Waals surface area (Å²) >= 11 is 0. The van der Waals surface area contributed by atoms with Gasteiger partial charge in [-0.2, -0.15) is 0 Å². The van der Waals surface area contributed by atoms with Crippen molar-refractivity contribution in [3.05, 3.63) is 35.9 Å². The highest BCUT2D eigenvalue weighted by Gasteiger charge is 2.26. The molecule has 110 valence electrons. The fourth-order valence-electron chi connectivity index (χ4n) is 2.46. The van der Waals surface area contributed by atoms with Gasteiger partial charge in [0.2, 0.25) is 5.91 Å². The van der Waals surface area contributed by atoms with Crippen LogP contribution in [0.25, 0.3) is 0 Å². The smallest absolute Gasteiger partial charge is 0.239 e. The van der Waals surface area contributed by atoms with Gasteiger partial charge in [0.1, 0.15) is 0 Å². The van der Waals surface area contributed by atoms with Gasteiger partial charge in [0.05, 0.1) is 6.04 Å². The third kappa shape index (κ3) is 3.81. The van der Waals surface area contributed by atoms with Crippen LogP contribution in [0.4, 0.5) is 0 Å². The predicted molar refractivity (Wildman–Crippen MR) is 81.1 cm³/mol. The highest BCUT2D eigenvalue weighted by atomic mass is 16.2. The Morgan fingerprint density at radius 2 is 1.75 bits per heavy atom. The van der Waals surface area contributed by atoms with E-state index in [9.17, 15) is 4.79 Å². The van der Waals surface area contributed by atoms with Gasteiger partial charge in [-0.05, 0) is 11.5 Å². The Bertz CT molecular complexity index is 425. The number of piperazine rings is 1. The van der Waals surface area contributed by atoms with Crippen LogP contribution in [-0.2, 0) is 11.3 Å². The summed E-state index contributed by atoms with van der Waals surface area (Å²) in [5, 5.41) is 0. The van der Waals surface area contributed by atoms with Gasteiger partial charge in [0, 0.05) is 32.7 Å². The van der Waals surface area contributed by atoms with E-state index in [4.69, 9.17) is 5.73 Å². The molecule has 0 saturated carbocycles. The van der Waals surface area contributed by atoms with Crippen LogP contribution in [0.1, 0.15) is 19.4 Å². The zero-order valence-corrected chi connectivity index (χ0v) is 12.5. The molecule has 0 spiro atoms. The summed E-state index contributed by atoms with van der Waals surface area (Å²) in [4.78, 5) is 16.5. The molecule has 20 heavy (non-hydrogen) atoms. The van der Waals surface area contributed by atoms with Gasteiger partial charge in [-0.15, -0.1) is 0 Å². The van der Waals surface area contributed by atoms with Crippen molar-refractivity contribution < 1.29 is 4.79 Å². The number of rotatable bonds is 4. The molecule has 1 saturated heterocycles. The molecule has 2 N–H and O–H groups in total. The lowest BCUT2D eigenvalue weighted by molar-refractivity contribution is -0.135. The second-order valence-electron chi connectivity index (χ2n) is 5.86. The highest BCUT2D eigenvalue weighted by Crippen LogP contribution is 2.10. The number of benzene rings is 1. The van der Waals surface area contributed by atoms with Gasteiger partial charge in [-0.3, -0.25) is 9.69 Å². The minimum absolute atomic E-state index is 0.0966. The summed E-state index contributed by atoms with van der Waals surface area (Å²) in [6, 6.07) is 10.1. The Morgan fingerprint density at radius 3 is 2.30 bits per heavy atom. The number of nitrogens with two attached hydrogens (primary N) is 1. The quantitative estimate of drug-likeness (QED) is 0.901. The van der Waals surface area contributed by atoms with E-state index >= 15 is 0 Å². The third-order valence-corrected chi connectivity index (χ3v) is 3.94. The van der Waals surface area contributed by atoms with Crippen LogP contribution in [0.15, 0.2) is 30.3 Å². The Labute approximate surface area is 121 Å². The summed E-state index contributed by atoms with van der Waals surface area (Å²) in [6.45, 7) is 8.36. The van der Waals surface area contributed by atoms with Gasteiger partial charge < -0.3 is 10.6 Å². The van der Waals surface area contributed by atoms with Gasteiger partial charge in [-0.25, -0.2) is 0 Å². The van der Waals surface area contributed by atoms with Gasteiger partial charge >= 0.3 is 0 Å². The molecule has 1 aliphatic heterocycles. The van der Waals surface area contributed by atoms with Crippen LogP contribution < -0.4 is 5.73 Å². The monoisotopic (exact) mass is 275 g/mol. The van der Waals surface area contributed by atoms with Crippen molar-refractivity contribution in [1.29, 1.82) is 0 Å². The lowest BCUT2D eigenvalue weighted by Gasteiger charge is -2.36. The maximum absolute atomic E-state index is 12.2. The highest BCUT2D eigenvalue weighted by molar-refractivity contribution is 5.82. The molecule has 0 unspecified atom stereocenters. The molecule has 0 radical (unpaired) electrons. The number of amides is 1. The standard InChI is InChI=1S/C16H25N3O/c1-13(2)15(17)16(20)19-10-8-18(9-11-19)12-14-6-4-3-5-7-14/h3-7,13,15H,8-12,17H2,1-2H3/t15-/m0/s1. The van der Waals surface area contributed by atoms with E-state index in [1.807, 2.05) is 24.8 Å². The van der Waals surface area contributed by atoms with E-state index in [2.05, 4.69) is 29.2 Å². The molecular formula is C16H25N3O. The van der Waals surface area contributed by atoms with E-state index < -0.39 is 0 Å². The van der Waals surface area contributed by atoms with Crippen molar-refractivity contribution >= 4 is 5.91 Å². The number of carbonyl (C=O) groups excluding carboxylic acids is 1. The molecule has 1 aliphatic rings. The van der Waals surface area contributed by atoms with Crippen LogP contribution in [-0.4, -0.2) is 47.9 Å². The molecule has 1 atom stereocenters. The molecule has 0 aliphatic carbocycles. The first-order valence-corrected chi connectivity index (χ1v) is 7.38. The van der Waals surface area contributed by atoms with E-state index in [0.717, 1.165) is 32.7 Å². The molecule has 0 bridgehead atoms. The van der Waals surface area contributed by atoms with Crippen molar-refractivity contribution in [2.24, 2.45) is 11.7 Å². The first kappa shape index (κ1) is 15.0. The molecule has 1 fully saturated rings. The minimum Gasteiger partial charge on any atom is -0.339 e. The predicted octanol–water partition coefficient (Wildman–Crippen LogP) is 1.31. The molecule has 4 nitrogen and oxygen atoms in total. The van der Waals surface area contributed by atoms with Crippen LogP contribution >= 0.6 is 0 Å². The number of hydrogen-bond acceptors (Lipinski definition) is 3. The Balaban J connectivity index is 1.82. The van der Waals surface area contributed by atoms with E-state index in [0.29, 0.717) is 0 Å². The summed E-state index contributed by atoms with van der Waals surface area (Å²) in [7, 11) is 0. The molecule has 1 aromatic rings. The first-order valence-electron chi connectivity index (χ1n) is 7.38. The fraction of sp³-hybridized carbons (Fsp3) is 0.562. The van der Waals surface area contributed by atoms with E-state index in [1.165, 1.54) is 5.56 Å². The zero-order valence-electron chi connectivity index (χ0n) is 12.5.